The Morgan fingerprint density at radius 3 is 2.25 bits per heavy atom. The predicted molar refractivity (Wildman–Crippen MR) is 85.4 cm³/mol. The highest BCUT2D eigenvalue weighted by Gasteiger charge is 2.14. The average Bonchev–Trinajstić information content (AvgIpc) is 2.81. The molecule has 0 aromatic heterocycles. The molecule has 2 rings (SSSR count). The molecule has 1 aliphatic rings. The van der Waals surface area contributed by atoms with Crippen LogP contribution in [0.2, 0.25) is 0 Å². The van der Waals surface area contributed by atoms with Crippen molar-refractivity contribution in [2.45, 2.75) is 39.3 Å². The fourth-order valence-corrected chi connectivity index (χ4v) is 2.05. The third-order valence-corrected chi connectivity index (χ3v) is 2.85. The maximum Gasteiger partial charge on any atom is 0.488 e. The van der Waals surface area contributed by atoms with Crippen LogP contribution in [0.3, 0.4) is 0 Å². The Bertz CT molecular complexity index is 368. The fraction of sp³-hybridized carbons (Fsp3) is 0.571. The van der Waals surface area contributed by atoms with Crippen molar-refractivity contribution >= 4 is 25.0 Å². The lowest BCUT2D eigenvalue weighted by Gasteiger charge is -2.14. The molecule has 1 heterocycles. The molecule has 0 saturated carbocycles. The molecule has 0 bridgehead atoms. The summed E-state index contributed by atoms with van der Waals surface area (Å²) in [4.78, 5) is 2.39. The van der Waals surface area contributed by atoms with Gasteiger partial charge < -0.3 is 15.2 Å². The van der Waals surface area contributed by atoms with Crippen molar-refractivity contribution in [2.75, 3.05) is 13.1 Å². The molecule has 0 unspecified atom stereocenters. The molecule has 1 aromatic carbocycles. The Hall–Kier alpha value is -0.585. The first-order valence-corrected chi connectivity index (χ1v) is 6.84. The second kappa shape index (κ2) is 10.2. The Labute approximate surface area is 128 Å². The van der Waals surface area contributed by atoms with E-state index in [1.165, 1.54) is 12.8 Å². The standard InChI is InChI=1S/C11H16BNO2.C3H8O.ClH/c14-12(15)11-5-3-4-10(8-11)9-13-6-1-2-7-13;1-3(2)4;/h3-5,8,14-15H,1-2,6-7,9H2;3-4H,1-2H3;1H. The minimum absolute atomic E-state index is 0. The summed E-state index contributed by atoms with van der Waals surface area (Å²) in [5.74, 6) is 0. The van der Waals surface area contributed by atoms with Gasteiger partial charge in [-0.2, -0.15) is 0 Å². The summed E-state index contributed by atoms with van der Waals surface area (Å²) >= 11 is 0. The molecule has 0 radical (unpaired) electrons. The monoisotopic (exact) mass is 301 g/mol. The third-order valence-electron chi connectivity index (χ3n) is 2.85. The van der Waals surface area contributed by atoms with Crippen LogP contribution in [0.25, 0.3) is 0 Å². The summed E-state index contributed by atoms with van der Waals surface area (Å²) in [5.41, 5.74) is 1.73. The van der Waals surface area contributed by atoms with Gasteiger partial charge >= 0.3 is 7.12 Å². The van der Waals surface area contributed by atoms with Crippen molar-refractivity contribution in [1.82, 2.24) is 4.90 Å². The molecule has 0 aliphatic carbocycles. The minimum atomic E-state index is -1.36. The van der Waals surface area contributed by atoms with E-state index in [1.807, 2.05) is 18.2 Å². The SMILES string of the molecule is CC(C)O.Cl.OB(O)c1cccc(CN2CCCC2)c1. The Kier molecular flexibility index (Phi) is 9.89. The molecule has 6 heteroatoms. The van der Waals surface area contributed by atoms with Gasteiger partial charge in [0.2, 0.25) is 0 Å². The number of aliphatic hydroxyl groups is 1. The number of halogens is 1. The van der Waals surface area contributed by atoms with Crippen LogP contribution in [0.1, 0.15) is 32.3 Å². The van der Waals surface area contributed by atoms with Gasteiger partial charge in [0.05, 0.1) is 0 Å². The van der Waals surface area contributed by atoms with Crippen LogP contribution in [0, 0.1) is 0 Å². The lowest BCUT2D eigenvalue weighted by atomic mass is 9.79. The van der Waals surface area contributed by atoms with Gasteiger partial charge in [-0.15, -0.1) is 12.4 Å². The number of aliphatic hydroxyl groups excluding tert-OH is 1. The van der Waals surface area contributed by atoms with Gasteiger partial charge in [0.15, 0.2) is 0 Å². The quantitative estimate of drug-likeness (QED) is 0.722. The van der Waals surface area contributed by atoms with Gasteiger partial charge in [-0.25, -0.2) is 0 Å². The van der Waals surface area contributed by atoms with E-state index in [4.69, 9.17) is 15.2 Å². The highest BCUT2D eigenvalue weighted by atomic mass is 35.5. The summed E-state index contributed by atoms with van der Waals surface area (Å²) in [5, 5.41) is 26.2. The molecular formula is C14H25BClNO3. The van der Waals surface area contributed by atoms with Crippen molar-refractivity contribution in [3.8, 4) is 0 Å². The molecular weight excluding hydrogens is 276 g/mol. The number of rotatable bonds is 3. The van der Waals surface area contributed by atoms with Crippen molar-refractivity contribution in [1.29, 1.82) is 0 Å². The van der Waals surface area contributed by atoms with E-state index in [2.05, 4.69) is 4.90 Å². The van der Waals surface area contributed by atoms with Crippen LogP contribution in [0.5, 0.6) is 0 Å². The Balaban J connectivity index is 0.000000644. The van der Waals surface area contributed by atoms with Crippen molar-refractivity contribution < 1.29 is 15.2 Å². The first kappa shape index (κ1) is 19.4. The smallest absolute Gasteiger partial charge is 0.423 e. The second-order valence-electron chi connectivity index (χ2n) is 5.20. The molecule has 1 aromatic rings. The van der Waals surface area contributed by atoms with Gasteiger partial charge in [0.1, 0.15) is 0 Å². The number of nitrogens with zero attached hydrogens (tertiary/aromatic N) is 1. The molecule has 4 nitrogen and oxygen atoms in total. The lowest BCUT2D eigenvalue weighted by molar-refractivity contribution is 0.216. The molecule has 114 valence electrons. The van der Waals surface area contributed by atoms with E-state index < -0.39 is 7.12 Å². The van der Waals surface area contributed by atoms with Gasteiger partial charge in [0, 0.05) is 12.6 Å². The maximum absolute atomic E-state index is 9.05. The van der Waals surface area contributed by atoms with Crippen molar-refractivity contribution in [3.63, 3.8) is 0 Å². The third kappa shape index (κ3) is 7.87. The van der Waals surface area contributed by atoms with Gasteiger partial charge in [0.25, 0.3) is 0 Å². The van der Waals surface area contributed by atoms with E-state index >= 15 is 0 Å². The van der Waals surface area contributed by atoms with E-state index in [0.717, 1.165) is 25.2 Å². The molecule has 0 spiro atoms. The zero-order valence-corrected chi connectivity index (χ0v) is 13.0. The summed E-state index contributed by atoms with van der Waals surface area (Å²) in [6, 6.07) is 7.51. The van der Waals surface area contributed by atoms with Crippen LogP contribution in [-0.2, 0) is 6.54 Å². The van der Waals surface area contributed by atoms with Crippen LogP contribution in [0.4, 0.5) is 0 Å². The van der Waals surface area contributed by atoms with Crippen LogP contribution < -0.4 is 5.46 Å². The highest BCUT2D eigenvalue weighted by Crippen LogP contribution is 2.11. The maximum atomic E-state index is 9.05. The molecule has 1 aliphatic heterocycles. The molecule has 20 heavy (non-hydrogen) atoms. The van der Waals surface area contributed by atoms with Gasteiger partial charge in [-0.05, 0) is 50.8 Å². The van der Waals surface area contributed by atoms with Crippen LogP contribution >= 0.6 is 12.4 Å². The van der Waals surface area contributed by atoms with Crippen LogP contribution in [-0.4, -0.2) is 46.4 Å². The second-order valence-corrected chi connectivity index (χ2v) is 5.20. The number of likely N-dealkylation sites (tertiary alicyclic amines) is 1. The summed E-state index contributed by atoms with van der Waals surface area (Å²) < 4.78 is 0. The first-order valence-electron chi connectivity index (χ1n) is 6.84. The molecule has 3 N–H and O–H groups in total. The van der Waals surface area contributed by atoms with Crippen molar-refractivity contribution in [3.05, 3.63) is 29.8 Å². The highest BCUT2D eigenvalue weighted by molar-refractivity contribution is 6.58. The van der Waals surface area contributed by atoms with E-state index in [-0.39, 0.29) is 18.5 Å². The zero-order valence-electron chi connectivity index (χ0n) is 12.2. The summed E-state index contributed by atoms with van der Waals surface area (Å²) in [7, 11) is -1.36. The predicted octanol–water partition coefficient (Wildman–Crippen LogP) is 0.771. The van der Waals surface area contributed by atoms with Gasteiger partial charge in [-0.1, -0.05) is 24.3 Å². The fourth-order valence-electron chi connectivity index (χ4n) is 2.05. The average molecular weight is 302 g/mol. The van der Waals surface area contributed by atoms with E-state index in [1.54, 1.807) is 19.9 Å². The zero-order chi connectivity index (χ0) is 14.3. The summed E-state index contributed by atoms with van der Waals surface area (Å²) in [6.07, 6.45) is 2.39. The van der Waals surface area contributed by atoms with E-state index in [9.17, 15) is 0 Å². The normalized spacial score (nSPS) is 14.5. The largest absolute Gasteiger partial charge is 0.488 e. The van der Waals surface area contributed by atoms with E-state index in [0.29, 0.717) is 5.46 Å². The van der Waals surface area contributed by atoms with Crippen molar-refractivity contribution in [2.24, 2.45) is 0 Å². The Morgan fingerprint density at radius 1 is 1.20 bits per heavy atom. The Morgan fingerprint density at radius 2 is 1.75 bits per heavy atom. The topological polar surface area (TPSA) is 63.9 Å². The minimum Gasteiger partial charge on any atom is -0.423 e. The lowest BCUT2D eigenvalue weighted by Crippen LogP contribution is -2.30. The molecule has 1 saturated heterocycles. The number of benzene rings is 1. The molecule has 1 fully saturated rings. The number of hydrogen-bond acceptors (Lipinski definition) is 4. The molecule has 0 atom stereocenters. The summed E-state index contributed by atoms with van der Waals surface area (Å²) in [6.45, 7) is 6.68. The number of hydrogen-bond donors (Lipinski definition) is 3. The van der Waals surface area contributed by atoms with Gasteiger partial charge in [-0.3, -0.25) is 4.90 Å². The first-order chi connectivity index (χ1) is 8.99. The molecule has 0 amide bonds. The van der Waals surface area contributed by atoms with Crippen LogP contribution in [0.15, 0.2) is 24.3 Å².